The van der Waals surface area contributed by atoms with Gasteiger partial charge in [0.05, 0.1) is 5.69 Å². The minimum atomic E-state index is -0.300. The van der Waals surface area contributed by atoms with Gasteiger partial charge < -0.3 is 14.5 Å². The van der Waals surface area contributed by atoms with Gasteiger partial charge >= 0.3 is 0 Å². The number of pyridine rings is 1. The molecule has 0 aliphatic heterocycles. The molecule has 6 heteroatoms. The second-order valence-corrected chi connectivity index (χ2v) is 6.83. The van der Waals surface area contributed by atoms with E-state index >= 15 is 0 Å². The first-order valence-corrected chi connectivity index (χ1v) is 9.26. The Balaban J connectivity index is 1.38. The molecule has 0 aliphatic rings. The summed E-state index contributed by atoms with van der Waals surface area (Å²) in [6.07, 6.45) is 3.94. The third-order valence-corrected chi connectivity index (χ3v) is 4.50. The standard InChI is InChI=1S/C23H20FN3O2/c1-16-5-10-22-26-20(14-27(22)13-16)15-29-21-4-2-3-18(11-21)23(28)25-12-17-6-8-19(24)9-7-17/h2-11,13-14H,12,15H2,1H3,(H,25,28). The van der Waals surface area contributed by atoms with Crippen LogP contribution in [0.25, 0.3) is 5.65 Å². The summed E-state index contributed by atoms with van der Waals surface area (Å²) in [6, 6.07) is 17.0. The van der Waals surface area contributed by atoms with Crippen LogP contribution in [0.5, 0.6) is 5.75 Å². The summed E-state index contributed by atoms with van der Waals surface area (Å²) in [7, 11) is 0. The molecule has 0 bridgehead atoms. The number of amides is 1. The highest BCUT2D eigenvalue weighted by molar-refractivity contribution is 5.94. The van der Waals surface area contributed by atoms with Crippen molar-refractivity contribution in [2.45, 2.75) is 20.1 Å². The highest BCUT2D eigenvalue weighted by Crippen LogP contribution is 2.16. The van der Waals surface area contributed by atoms with E-state index in [1.807, 2.05) is 35.9 Å². The van der Waals surface area contributed by atoms with E-state index in [4.69, 9.17) is 4.74 Å². The summed E-state index contributed by atoms with van der Waals surface area (Å²) in [4.78, 5) is 16.9. The quantitative estimate of drug-likeness (QED) is 0.535. The van der Waals surface area contributed by atoms with Gasteiger partial charge in [-0.1, -0.05) is 24.3 Å². The number of ether oxygens (including phenoxy) is 1. The number of aromatic nitrogens is 2. The fourth-order valence-electron chi connectivity index (χ4n) is 3.00. The minimum absolute atomic E-state index is 0.219. The van der Waals surface area contributed by atoms with Crippen molar-refractivity contribution in [1.29, 1.82) is 0 Å². The van der Waals surface area contributed by atoms with E-state index in [1.54, 1.807) is 36.4 Å². The number of imidazole rings is 1. The number of hydrogen-bond acceptors (Lipinski definition) is 3. The van der Waals surface area contributed by atoms with E-state index in [-0.39, 0.29) is 11.7 Å². The Bertz CT molecular complexity index is 1150. The van der Waals surface area contributed by atoms with Crippen LogP contribution in [0.3, 0.4) is 0 Å². The number of nitrogens with one attached hydrogen (secondary N) is 1. The van der Waals surface area contributed by atoms with Crippen molar-refractivity contribution in [3.8, 4) is 5.75 Å². The van der Waals surface area contributed by atoms with Crippen molar-refractivity contribution in [2.75, 3.05) is 0 Å². The van der Waals surface area contributed by atoms with Crippen molar-refractivity contribution >= 4 is 11.6 Å². The van der Waals surface area contributed by atoms with Gasteiger partial charge in [0.15, 0.2) is 0 Å². The van der Waals surface area contributed by atoms with Crippen molar-refractivity contribution in [3.63, 3.8) is 0 Å². The molecular formula is C23H20FN3O2. The molecule has 2 heterocycles. The number of carbonyl (C=O) groups is 1. The number of carbonyl (C=O) groups excluding carboxylic acids is 1. The fourth-order valence-corrected chi connectivity index (χ4v) is 3.00. The summed E-state index contributed by atoms with van der Waals surface area (Å²) in [5.74, 6) is 0.0707. The highest BCUT2D eigenvalue weighted by atomic mass is 19.1. The second-order valence-electron chi connectivity index (χ2n) is 6.83. The zero-order valence-electron chi connectivity index (χ0n) is 15.9. The Labute approximate surface area is 167 Å². The summed E-state index contributed by atoms with van der Waals surface area (Å²) in [6.45, 7) is 2.66. The van der Waals surface area contributed by atoms with Crippen LogP contribution in [-0.4, -0.2) is 15.3 Å². The van der Waals surface area contributed by atoms with Crippen molar-refractivity contribution < 1.29 is 13.9 Å². The van der Waals surface area contributed by atoms with Crippen LogP contribution >= 0.6 is 0 Å². The van der Waals surface area contributed by atoms with Gasteiger partial charge in [-0.05, 0) is 54.4 Å². The van der Waals surface area contributed by atoms with Crippen LogP contribution in [0.15, 0.2) is 73.1 Å². The normalized spacial score (nSPS) is 10.8. The molecule has 2 aromatic heterocycles. The molecule has 0 radical (unpaired) electrons. The first-order valence-electron chi connectivity index (χ1n) is 9.26. The largest absolute Gasteiger partial charge is 0.487 e. The number of halogens is 1. The van der Waals surface area contributed by atoms with Crippen LogP contribution in [-0.2, 0) is 13.2 Å². The first-order chi connectivity index (χ1) is 14.1. The van der Waals surface area contributed by atoms with Gasteiger partial charge in [-0.15, -0.1) is 0 Å². The lowest BCUT2D eigenvalue weighted by Gasteiger charge is -2.08. The Morgan fingerprint density at radius 1 is 1.10 bits per heavy atom. The predicted octanol–water partition coefficient (Wildman–Crippen LogP) is 4.29. The Hall–Kier alpha value is -3.67. The average molecular weight is 389 g/mol. The van der Waals surface area contributed by atoms with Gasteiger partial charge in [0, 0.05) is 24.5 Å². The summed E-state index contributed by atoms with van der Waals surface area (Å²) in [5.41, 5.74) is 4.15. The van der Waals surface area contributed by atoms with Crippen LogP contribution in [0, 0.1) is 12.7 Å². The Morgan fingerprint density at radius 2 is 1.93 bits per heavy atom. The van der Waals surface area contributed by atoms with Gasteiger partial charge in [0.1, 0.15) is 23.8 Å². The third kappa shape index (κ3) is 4.60. The van der Waals surface area contributed by atoms with Gasteiger partial charge in [0.25, 0.3) is 5.91 Å². The van der Waals surface area contributed by atoms with Crippen molar-refractivity contribution in [1.82, 2.24) is 14.7 Å². The van der Waals surface area contributed by atoms with Crippen LogP contribution in [0.1, 0.15) is 27.2 Å². The van der Waals surface area contributed by atoms with Crippen LogP contribution in [0.4, 0.5) is 4.39 Å². The van der Waals surface area contributed by atoms with Gasteiger partial charge in [0.2, 0.25) is 0 Å². The molecule has 2 aromatic carbocycles. The lowest BCUT2D eigenvalue weighted by atomic mass is 10.2. The molecule has 0 unspecified atom stereocenters. The highest BCUT2D eigenvalue weighted by Gasteiger charge is 2.08. The van der Waals surface area contributed by atoms with E-state index in [0.29, 0.717) is 24.5 Å². The van der Waals surface area contributed by atoms with Crippen LogP contribution < -0.4 is 10.1 Å². The second kappa shape index (κ2) is 8.14. The van der Waals surface area contributed by atoms with Gasteiger partial charge in [-0.25, -0.2) is 9.37 Å². The molecular weight excluding hydrogens is 369 g/mol. The van der Waals surface area contributed by atoms with Crippen LogP contribution in [0.2, 0.25) is 0 Å². The Morgan fingerprint density at radius 3 is 2.76 bits per heavy atom. The maximum atomic E-state index is 13.0. The molecule has 0 spiro atoms. The van der Waals surface area contributed by atoms with Crippen molar-refractivity contribution in [3.05, 3.63) is 101 Å². The average Bonchev–Trinajstić information content (AvgIpc) is 3.14. The van der Waals surface area contributed by atoms with E-state index < -0.39 is 0 Å². The number of fused-ring (bicyclic) bond motifs is 1. The molecule has 0 saturated heterocycles. The molecule has 1 N–H and O–H groups in total. The van der Waals surface area contributed by atoms with Gasteiger partial charge in [-0.2, -0.15) is 0 Å². The minimum Gasteiger partial charge on any atom is -0.487 e. The van der Waals surface area contributed by atoms with Crippen molar-refractivity contribution in [2.24, 2.45) is 0 Å². The molecule has 0 saturated carbocycles. The third-order valence-electron chi connectivity index (χ3n) is 4.50. The zero-order valence-corrected chi connectivity index (χ0v) is 15.9. The molecule has 0 fully saturated rings. The van der Waals surface area contributed by atoms with Gasteiger partial charge in [-0.3, -0.25) is 4.79 Å². The lowest BCUT2D eigenvalue weighted by molar-refractivity contribution is 0.0950. The first kappa shape index (κ1) is 18.7. The van der Waals surface area contributed by atoms with E-state index in [0.717, 1.165) is 22.5 Å². The number of nitrogens with zero attached hydrogens (tertiary/aromatic N) is 2. The number of benzene rings is 2. The molecule has 1 amide bonds. The molecule has 4 aromatic rings. The molecule has 4 rings (SSSR count). The molecule has 29 heavy (non-hydrogen) atoms. The van der Waals surface area contributed by atoms with E-state index in [2.05, 4.69) is 10.3 Å². The lowest BCUT2D eigenvalue weighted by Crippen LogP contribution is -2.22. The zero-order chi connectivity index (χ0) is 20.2. The smallest absolute Gasteiger partial charge is 0.251 e. The number of hydrogen-bond donors (Lipinski definition) is 1. The maximum absolute atomic E-state index is 13.0. The summed E-state index contributed by atoms with van der Waals surface area (Å²) in [5, 5.41) is 2.83. The summed E-state index contributed by atoms with van der Waals surface area (Å²) >= 11 is 0. The fraction of sp³-hybridized carbons (Fsp3) is 0.130. The topological polar surface area (TPSA) is 55.6 Å². The van der Waals surface area contributed by atoms with E-state index in [9.17, 15) is 9.18 Å². The Kier molecular flexibility index (Phi) is 5.24. The predicted molar refractivity (Wildman–Crippen MR) is 108 cm³/mol. The number of aryl methyl sites for hydroxylation is 1. The SMILES string of the molecule is Cc1ccc2nc(COc3cccc(C(=O)NCc4ccc(F)cc4)c3)cn2c1. The molecule has 0 atom stereocenters. The number of rotatable bonds is 6. The monoisotopic (exact) mass is 389 g/mol. The molecule has 5 nitrogen and oxygen atoms in total. The van der Waals surface area contributed by atoms with E-state index in [1.165, 1.54) is 12.1 Å². The molecule has 0 aliphatic carbocycles. The maximum Gasteiger partial charge on any atom is 0.251 e. The summed E-state index contributed by atoms with van der Waals surface area (Å²) < 4.78 is 20.7. The molecule has 146 valence electrons.